The summed E-state index contributed by atoms with van der Waals surface area (Å²) in [6.45, 7) is 1.91. The number of aromatic amines is 1. The van der Waals surface area contributed by atoms with Crippen LogP contribution in [0.25, 0.3) is 5.65 Å². The van der Waals surface area contributed by atoms with E-state index in [2.05, 4.69) is 25.8 Å². The molecule has 0 amide bonds. The Labute approximate surface area is 115 Å². The van der Waals surface area contributed by atoms with Crippen LogP contribution in [-0.4, -0.2) is 21.0 Å². The highest BCUT2D eigenvalue weighted by Gasteiger charge is 2.05. The second-order valence-electron chi connectivity index (χ2n) is 4.33. The van der Waals surface area contributed by atoms with Gasteiger partial charge in [-0.2, -0.15) is 5.10 Å². The van der Waals surface area contributed by atoms with Gasteiger partial charge in [-0.25, -0.2) is 0 Å². The largest absolute Gasteiger partial charge is 0.399 e. The molecule has 7 nitrogen and oxygen atoms in total. The van der Waals surface area contributed by atoms with Gasteiger partial charge in [-0.15, -0.1) is 9.61 Å². The van der Waals surface area contributed by atoms with Gasteiger partial charge in [0.25, 0.3) is 0 Å². The Kier molecular flexibility index (Phi) is 3.00. The smallest absolute Gasteiger partial charge is 0.325 e. The lowest BCUT2D eigenvalue weighted by atomic mass is 10.1. The van der Waals surface area contributed by atoms with E-state index < -0.39 is 0 Å². The minimum atomic E-state index is 0.632. The van der Waals surface area contributed by atoms with Gasteiger partial charge in [-0.1, -0.05) is 17.2 Å². The second kappa shape index (κ2) is 4.96. The zero-order chi connectivity index (χ0) is 13.9. The Morgan fingerprint density at radius 2 is 2.25 bits per heavy atom. The molecule has 0 aliphatic rings. The van der Waals surface area contributed by atoms with Crippen molar-refractivity contribution >= 4 is 22.9 Å². The Bertz CT molecular complexity index is 775. The van der Waals surface area contributed by atoms with Crippen molar-refractivity contribution in [1.82, 2.24) is 15.3 Å². The molecule has 0 unspecified atom stereocenters. The fraction of sp³-hybridized carbons (Fsp3) is 0.0769. The van der Waals surface area contributed by atoms with Crippen LogP contribution >= 0.6 is 0 Å². The molecule has 2 aromatic heterocycles. The van der Waals surface area contributed by atoms with Crippen LogP contribution < -0.4 is 15.7 Å². The zero-order valence-corrected chi connectivity index (χ0v) is 10.9. The lowest BCUT2D eigenvalue weighted by molar-refractivity contribution is -0.579. The lowest BCUT2D eigenvalue weighted by Crippen LogP contribution is -2.24. The van der Waals surface area contributed by atoms with E-state index in [1.165, 1.54) is 0 Å². The molecule has 7 heteroatoms. The summed E-state index contributed by atoms with van der Waals surface area (Å²) in [5.74, 6) is 0.632. The van der Waals surface area contributed by atoms with Gasteiger partial charge in [0.15, 0.2) is 5.82 Å². The maximum atomic E-state index is 5.75. The van der Waals surface area contributed by atoms with Gasteiger partial charge in [0.05, 0.1) is 5.71 Å². The summed E-state index contributed by atoms with van der Waals surface area (Å²) >= 11 is 0. The van der Waals surface area contributed by atoms with Gasteiger partial charge in [0, 0.05) is 16.9 Å². The second-order valence-corrected chi connectivity index (χ2v) is 4.33. The van der Waals surface area contributed by atoms with Crippen LogP contribution in [0.1, 0.15) is 12.5 Å². The molecule has 0 aliphatic heterocycles. The molecule has 0 fully saturated rings. The molecule has 0 atom stereocenters. The highest BCUT2D eigenvalue weighted by molar-refractivity contribution is 5.99. The number of rotatable bonds is 3. The molecule has 4 N–H and O–H groups in total. The first kappa shape index (κ1) is 12.1. The third-order valence-electron chi connectivity index (χ3n) is 2.84. The average molecular weight is 268 g/mol. The first-order chi connectivity index (χ1) is 9.72. The van der Waals surface area contributed by atoms with Crippen molar-refractivity contribution in [2.24, 2.45) is 5.10 Å². The fourth-order valence-corrected chi connectivity index (χ4v) is 1.79. The molecular formula is C13H14N7+. The van der Waals surface area contributed by atoms with E-state index in [-0.39, 0.29) is 0 Å². The predicted molar refractivity (Wildman–Crippen MR) is 76.2 cm³/mol. The summed E-state index contributed by atoms with van der Waals surface area (Å²) < 4.78 is 1.63. The van der Waals surface area contributed by atoms with Crippen LogP contribution in [0.3, 0.4) is 0 Å². The predicted octanol–water partition coefficient (Wildman–Crippen LogP) is 0.962. The summed E-state index contributed by atoms with van der Waals surface area (Å²) in [7, 11) is 0. The number of hydrogen-bond donors (Lipinski definition) is 3. The number of nitrogens with two attached hydrogens (primary N) is 1. The van der Waals surface area contributed by atoms with E-state index in [0.29, 0.717) is 11.5 Å². The average Bonchev–Trinajstić information content (AvgIpc) is 2.92. The van der Waals surface area contributed by atoms with E-state index in [0.717, 1.165) is 16.9 Å². The molecule has 0 radical (unpaired) electrons. The molecule has 0 saturated heterocycles. The van der Waals surface area contributed by atoms with Crippen molar-refractivity contribution in [3.05, 3.63) is 48.3 Å². The molecular weight excluding hydrogens is 254 g/mol. The van der Waals surface area contributed by atoms with Crippen molar-refractivity contribution in [2.75, 3.05) is 11.2 Å². The van der Waals surface area contributed by atoms with Crippen molar-refractivity contribution in [3.63, 3.8) is 0 Å². The number of H-pyrrole nitrogens is 1. The van der Waals surface area contributed by atoms with Gasteiger partial charge in [-0.3, -0.25) is 5.43 Å². The highest BCUT2D eigenvalue weighted by Crippen LogP contribution is 2.08. The summed E-state index contributed by atoms with van der Waals surface area (Å²) in [6, 6.07) is 11.2. The Morgan fingerprint density at radius 3 is 3.10 bits per heavy atom. The van der Waals surface area contributed by atoms with Crippen LogP contribution in [0.4, 0.5) is 11.5 Å². The van der Waals surface area contributed by atoms with Crippen molar-refractivity contribution in [3.8, 4) is 0 Å². The molecule has 3 rings (SSSR count). The Hall–Kier alpha value is -2.96. The van der Waals surface area contributed by atoms with Crippen molar-refractivity contribution in [1.29, 1.82) is 0 Å². The first-order valence-electron chi connectivity index (χ1n) is 6.11. The number of nitrogen functional groups attached to an aromatic ring is 1. The van der Waals surface area contributed by atoms with E-state index in [9.17, 15) is 0 Å². The normalized spacial score (nSPS) is 11.8. The molecule has 0 bridgehead atoms. The molecule has 100 valence electrons. The topological polar surface area (TPSA) is 96.1 Å². The number of fused-ring (bicyclic) bond motifs is 1. The van der Waals surface area contributed by atoms with E-state index in [4.69, 9.17) is 5.73 Å². The van der Waals surface area contributed by atoms with Gasteiger partial charge < -0.3 is 5.73 Å². The monoisotopic (exact) mass is 268 g/mol. The summed E-state index contributed by atoms with van der Waals surface area (Å²) in [5.41, 5.74) is 11.9. The maximum absolute atomic E-state index is 5.75. The number of aromatic nitrogens is 4. The van der Waals surface area contributed by atoms with Crippen molar-refractivity contribution in [2.45, 2.75) is 6.92 Å². The maximum Gasteiger partial charge on any atom is 0.325 e. The third kappa shape index (κ3) is 2.41. The molecule has 0 saturated carbocycles. The molecule has 20 heavy (non-hydrogen) atoms. The lowest BCUT2D eigenvalue weighted by Gasteiger charge is -2.03. The zero-order valence-electron chi connectivity index (χ0n) is 10.9. The molecule has 0 aliphatic carbocycles. The highest BCUT2D eigenvalue weighted by atomic mass is 15.4. The summed E-state index contributed by atoms with van der Waals surface area (Å²) in [6.07, 6.45) is 1.66. The summed E-state index contributed by atoms with van der Waals surface area (Å²) in [4.78, 5) is 0. The third-order valence-corrected chi connectivity index (χ3v) is 2.84. The molecule has 2 heterocycles. The number of benzene rings is 1. The first-order valence-corrected chi connectivity index (χ1v) is 6.11. The Morgan fingerprint density at radius 1 is 1.35 bits per heavy atom. The van der Waals surface area contributed by atoms with E-state index in [1.807, 2.05) is 43.3 Å². The Balaban J connectivity index is 1.82. The van der Waals surface area contributed by atoms with Crippen LogP contribution in [0, 0.1) is 0 Å². The minimum Gasteiger partial charge on any atom is -0.399 e. The standard InChI is InChI=1S/C13H13N7/c1-9(10-3-2-4-11(14)7-10)16-17-12-5-6-13-18-15-8-20(13)19-12/h2-8H,14H2,1H3,(H,17,19)/p+1. The number of hydrazone groups is 1. The van der Waals surface area contributed by atoms with Gasteiger partial charge in [-0.05, 0) is 30.7 Å². The van der Waals surface area contributed by atoms with Crippen molar-refractivity contribution < 1.29 is 4.52 Å². The van der Waals surface area contributed by atoms with E-state index in [1.54, 1.807) is 10.8 Å². The minimum absolute atomic E-state index is 0.632. The number of nitrogens with one attached hydrogen (secondary N) is 2. The number of nitrogens with zero attached hydrogens (tertiary/aromatic N) is 4. The molecule has 3 aromatic rings. The quantitative estimate of drug-likeness (QED) is 0.285. The van der Waals surface area contributed by atoms with Gasteiger partial charge in [0.2, 0.25) is 6.33 Å². The number of anilines is 2. The molecule has 0 spiro atoms. The fourth-order valence-electron chi connectivity index (χ4n) is 1.79. The van der Waals surface area contributed by atoms with E-state index >= 15 is 0 Å². The molecule has 1 aromatic carbocycles. The van der Waals surface area contributed by atoms with Crippen LogP contribution in [-0.2, 0) is 0 Å². The SMILES string of the molecule is CC(=NNc1ccc2n[nH]c[n+]2n1)c1cccc(N)c1. The van der Waals surface area contributed by atoms with Crippen LogP contribution in [0.15, 0.2) is 47.8 Å². The number of hydrogen-bond acceptors (Lipinski definition) is 5. The summed E-state index contributed by atoms with van der Waals surface area (Å²) in [5, 5.41) is 15.3. The van der Waals surface area contributed by atoms with Crippen LogP contribution in [0.2, 0.25) is 0 Å². The van der Waals surface area contributed by atoms with Crippen LogP contribution in [0.5, 0.6) is 0 Å². The van der Waals surface area contributed by atoms with Gasteiger partial charge in [0.1, 0.15) is 0 Å². The van der Waals surface area contributed by atoms with Gasteiger partial charge >= 0.3 is 5.65 Å².